The standard InChI is InChI=1S/C22H24N2O4/c1-15-21(16(2)28-24-15)14-27-20-10-8-17(9-11-20)22(25)23-12-18-6-4-5-7-19(18)13-26-3/h4-11H,12-14H2,1-3H3,(H,23,25). The molecule has 0 fully saturated rings. The zero-order valence-corrected chi connectivity index (χ0v) is 16.3. The Kier molecular flexibility index (Phi) is 6.45. The Labute approximate surface area is 164 Å². The van der Waals surface area contributed by atoms with Crippen molar-refractivity contribution in [2.45, 2.75) is 33.6 Å². The quantitative estimate of drug-likeness (QED) is 0.641. The van der Waals surface area contributed by atoms with Crippen molar-refractivity contribution in [3.05, 3.63) is 82.2 Å². The minimum absolute atomic E-state index is 0.135. The van der Waals surface area contributed by atoms with Crippen LogP contribution in [0.3, 0.4) is 0 Å². The van der Waals surface area contributed by atoms with Crippen molar-refractivity contribution in [3.63, 3.8) is 0 Å². The molecule has 0 radical (unpaired) electrons. The summed E-state index contributed by atoms with van der Waals surface area (Å²) in [7, 11) is 1.66. The van der Waals surface area contributed by atoms with Gasteiger partial charge in [-0.3, -0.25) is 4.79 Å². The Hall–Kier alpha value is -3.12. The average Bonchev–Trinajstić information content (AvgIpc) is 3.03. The van der Waals surface area contributed by atoms with Crippen LogP contribution in [0.5, 0.6) is 5.75 Å². The van der Waals surface area contributed by atoms with E-state index in [0.29, 0.717) is 31.1 Å². The van der Waals surface area contributed by atoms with Gasteiger partial charge in [-0.05, 0) is 49.2 Å². The summed E-state index contributed by atoms with van der Waals surface area (Å²) in [4.78, 5) is 12.4. The lowest BCUT2D eigenvalue weighted by Crippen LogP contribution is -2.23. The number of carbonyl (C=O) groups is 1. The maximum absolute atomic E-state index is 12.4. The molecule has 3 rings (SSSR count). The summed E-state index contributed by atoms with van der Waals surface area (Å²) in [5.74, 6) is 1.30. The number of ether oxygens (including phenoxy) is 2. The Balaban J connectivity index is 1.56. The summed E-state index contributed by atoms with van der Waals surface area (Å²) in [6.07, 6.45) is 0. The van der Waals surface area contributed by atoms with E-state index in [2.05, 4.69) is 10.5 Å². The molecule has 0 spiro atoms. The molecule has 0 aliphatic heterocycles. The van der Waals surface area contributed by atoms with Gasteiger partial charge in [0.15, 0.2) is 0 Å². The van der Waals surface area contributed by atoms with Crippen LogP contribution in [0.25, 0.3) is 0 Å². The van der Waals surface area contributed by atoms with E-state index in [0.717, 1.165) is 28.1 Å². The van der Waals surface area contributed by atoms with Crippen LogP contribution >= 0.6 is 0 Å². The van der Waals surface area contributed by atoms with Gasteiger partial charge in [-0.2, -0.15) is 0 Å². The highest BCUT2D eigenvalue weighted by molar-refractivity contribution is 5.94. The Morgan fingerprint density at radius 1 is 1.04 bits per heavy atom. The summed E-state index contributed by atoms with van der Waals surface area (Å²) in [5, 5.41) is 6.86. The molecular weight excluding hydrogens is 356 g/mol. The summed E-state index contributed by atoms with van der Waals surface area (Å²) in [5.41, 5.74) is 4.44. The van der Waals surface area contributed by atoms with Gasteiger partial charge in [0.25, 0.3) is 5.91 Å². The van der Waals surface area contributed by atoms with E-state index in [-0.39, 0.29) is 5.91 Å². The summed E-state index contributed by atoms with van der Waals surface area (Å²) < 4.78 is 16.1. The van der Waals surface area contributed by atoms with Crippen molar-refractivity contribution in [2.75, 3.05) is 7.11 Å². The highest BCUT2D eigenvalue weighted by atomic mass is 16.5. The van der Waals surface area contributed by atoms with Crippen molar-refractivity contribution in [1.29, 1.82) is 0 Å². The number of carbonyl (C=O) groups excluding carboxylic acids is 1. The second-order valence-corrected chi connectivity index (χ2v) is 6.50. The normalized spacial score (nSPS) is 10.7. The van der Waals surface area contributed by atoms with Crippen molar-refractivity contribution >= 4 is 5.91 Å². The number of benzene rings is 2. The van der Waals surface area contributed by atoms with E-state index in [9.17, 15) is 4.79 Å². The predicted molar refractivity (Wildman–Crippen MR) is 105 cm³/mol. The highest BCUT2D eigenvalue weighted by Gasteiger charge is 2.11. The van der Waals surface area contributed by atoms with E-state index in [1.54, 1.807) is 31.4 Å². The fourth-order valence-corrected chi connectivity index (χ4v) is 2.87. The smallest absolute Gasteiger partial charge is 0.251 e. The van der Waals surface area contributed by atoms with Gasteiger partial charge < -0.3 is 19.3 Å². The molecule has 0 aliphatic carbocycles. The van der Waals surface area contributed by atoms with Gasteiger partial charge in [-0.1, -0.05) is 29.4 Å². The molecule has 1 aromatic heterocycles. The van der Waals surface area contributed by atoms with E-state index < -0.39 is 0 Å². The average molecular weight is 380 g/mol. The molecule has 0 aliphatic rings. The van der Waals surface area contributed by atoms with E-state index in [1.165, 1.54) is 0 Å². The molecule has 0 bridgehead atoms. The van der Waals surface area contributed by atoms with E-state index in [4.69, 9.17) is 14.0 Å². The fourth-order valence-electron chi connectivity index (χ4n) is 2.87. The number of methoxy groups -OCH3 is 1. The third-order valence-corrected chi connectivity index (χ3v) is 4.54. The lowest BCUT2D eigenvalue weighted by atomic mass is 10.1. The minimum atomic E-state index is -0.135. The van der Waals surface area contributed by atoms with Gasteiger partial charge in [-0.15, -0.1) is 0 Å². The minimum Gasteiger partial charge on any atom is -0.489 e. The van der Waals surface area contributed by atoms with Crippen LogP contribution in [0.1, 0.15) is 38.5 Å². The van der Waals surface area contributed by atoms with Gasteiger partial charge >= 0.3 is 0 Å². The first-order chi connectivity index (χ1) is 13.6. The lowest BCUT2D eigenvalue weighted by Gasteiger charge is -2.11. The summed E-state index contributed by atoms with van der Waals surface area (Å²) >= 11 is 0. The van der Waals surface area contributed by atoms with Crippen molar-refractivity contribution in [1.82, 2.24) is 10.5 Å². The maximum atomic E-state index is 12.4. The molecule has 0 saturated carbocycles. The summed E-state index contributed by atoms with van der Waals surface area (Å²) in [6.45, 7) is 5.08. The molecule has 1 N–H and O–H groups in total. The fraction of sp³-hybridized carbons (Fsp3) is 0.273. The van der Waals surface area contributed by atoms with Crippen LogP contribution in [-0.2, 0) is 24.5 Å². The Morgan fingerprint density at radius 2 is 1.75 bits per heavy atom. The number of nitrogens with one attached hydrogen (secondary N) is 1. The lowest BCUT2D eigenvalue weighted by molar-refractivity contribution is 0.0950. The number of amides is 1. The number of hydrogen-bond acceptors (Lipinski definition) is 5. The van der Waals surface area contributed by atoms with Gasteiger partial charge in [0.1, 0.15) is 18.1 Å². The third kappa shape index (κ3) is 4.78. The zero-order valence-electron chi connectivity index (χ0n) is 16.3. The van der Waals surface area contributed by atoms with Crippen LogP contribution in [0.15, 0.2) is 53.1 Å². The maximum Gasteiger partial charge on any atom is 0.251 e. The number of nitrogens with zero attached hydrogens (tertiary/aromatic N) is 1. The zero-order chi connectivity index (χ0) is 19.9. The molecule has 6 heteroatoms. The van der Waals surface area contributed by atoms with Crippen LogP contribution in [0.2, 0.25) is 0 Å². The molecular formula is C22H24N2O4. The van der Waals surface area contributed by atoms with Gasteiger partial charge in [-0.25, -0.2) is 0 Å². The first-order valence-corrected chi connectivity index (χ1v) is 9.07. The van der Waals surface area contributed by atoms with Crippen LogP contribution in [-0.4, -0.2) is 18.2 Å². The third-order valence-electron chi connectivity index (χ3n) is 4.54. The molecule has 146 valence electrons. The monoisotopic (exact) mass is 380 g/mol. The van der Waals surface area contributed by atoms with E-state index in [1.807, 2.05) is 38.1 Å². The highest BCUT2D eigenvalue weighted by Crippen LogP contribution is 2.18. The molecule has 0 atom stereocenters. The van der Waals surface area contributed by atoms with Gasteiger partial charge in [0.2, 0.25) is 0 Å². The van der Waals surface area contributed by atoms with Gasteiger partial charge in [0, 0.05) is 19.2 Å². The molecule has 1 amide bonds. The van der Waals surface area contributed by atoms with Crippen molar-refractivity contribution in [2.24, 2.45) is 0 Å². The SMILES string of the molecule is COCc1ccccc1CNC(=O)c1ccc(OCc2c(C)noc2C)cc1. The Morgan fingerprint density at radius 3 is 2.39 bits per heavy atom. The number of hydrogen-bond donors (Lipinski definition) is 1. The number of rotatable bonds is 8. The molecule has 0 saturated heterocycles. The predicted octanol–water partition coefficient (Wildman–Crippen LogP) is 3.95. The molecule has 1 heterocycles. The number of aromatic nitrogens is 1. The van der Waals surface area contributed by atoms with Crippen LogP contribution < -0.4 is 10.1 Å². The molecule has 2 aromatic carbocycles. The van der Waals surface area contributed by atoms with E-state index >= 15 is 0 Å². The largest absolute Gasteiger partial charge is 0.489 e. The van der Waals surface area contributed by atoms with Crippen LogP contribution in [0, 0.1) is 13.8 Å². The Bertz CT molecular complexity index is 912. The summed E-state index contributed by atoms with van der Waals surface area (Å²) in [6, 6.07) is 15.0. The van der Waals surface area contributed by atoms with Crippen molar-refractivity contribution < 1.29 is 18.8 Å². The second-order valence-electron chi connectivity index (χ2n) is 6.50. The molecule has 3 aromatic rings. The molecule has 0 unspecified atom stereocenters. The van der Waals surface area contributed by atoms with Gasteiger partial charge in [0.05, 0.1) is 17.9 Å². The number of aryl methyl sites for hydroxylation is 2. The van der Waals surface area contributed by atoms with Crippen LogP contribution in [0.4, 0.5) is 0 Å². The second kappa shape index (κ2) is 9.19. The topological polar surface area (TPSA) is 73.6 Å². The first kappa shape index (κ1) is 19.6. The first-order valence-electron chi connectivity index (χ1n) is 9.07. The molecule has 28 heavy (non-hydrogen) atoms. The molecule has 6 nitrogen and oxygen atoms in total. The van der Waals surface area contributed by atoms with Crippen molar-refractivity contribution in [3.8, 4) is 5.75 Å².